The van der Waals surface area contributed by atoms with Crippen LogP contribution in [0.15, 0.2) is 46.0 Å². The van der Waals surface area contributed by atoms with E-state index in [0.717, 1.165) is 0 Å². The molecule has 3 rings (SSSR count). The third-order valence-electron chi connectivity index (χ3n) is 4.18. The molecule has 168 valence electrons. The van der Waals surface area contributed by atoms with Gasteiger partial charge in [-0.05, 0) is 58.2 Å². The number of halogens is 1. The van der Waals surface area contributed by atoms with Crippen molar-refractivity contribution in [2.45, 2.75) is 11.5 Å². The Kier molecular flexibility index (Phi) is 9.65. The smallest absolute Gasteiger partial charge is 0.277 e. The van der Waals surface area contributed by atoms with E-state index in [1.807, 2.05) is 54.7 Å². The van der Waals surface area contributed by atoms with Gasteiger partial charge >= 0.3 is 0 Å². The molecule has 0 saturated carbocycles. The molecule has 1 fully saturated rings. The monoisotopic (exact) mass is 534 g/mol. The minimum Gasteiger partial charge on any atom is -0.490 e. The van der Waals surface area contributed by atoms with Gasteiger partial charge in [0.15, 0.2) is 18.1 Å². The number of rotatable bonds is 10. The second kappa shape index (κ2) is 12.7. The molecule has 0 atom stereocenters. The van der Waals surface area contributed by atoms with Gasteiger partial charge in [0.05, 0.1) is 21.9 Å². The quantitative estimate of drug-likeness (QED) is 0.266. The summed E-state index contributed by atoms with van der Waals surface area (Å²) >= 11 is 7.35. The van der Waals surface area contributed by atoms with E-state index >= 15 is 0 Å². The predicted molar refractivity (Wildman–Crippen MR) is 135 cm³/mol. The normalized spacial score (nSPS) is 13.7. The van der Waals surface area contributed by atoms with Gasteiger partial charge in [-0.2, -0.15) is 5.10 Å². The van der Waals surface area contributed by atoms with E-state index < -0.39 is 0 Å². The summed E-state index contributed by atoms with van der Waals surface area (Å²) in [5.74, 6) is 6.14. The predicted octanol–water partition coefficient (Wildman–Crippen LogP) is 4.87. The molecule has 0 aromatic heterocycles. The Morgan fingerprint density at radius 2 is 2.00 bits per heavy atom. The average molecular weight is 535 g/mol. The molecule has 2 aromatic carbocycles. The molecule has 1 saturated heterocycles. The molecule has 9 heteroatoms. The number of thioether (sulfide) groups is 2. The van der Waals surface area contributed by atoms with Crippen LogP contribution in [0, 0.1) is 12.3 Å². The highest BCUT2D eigenvalue weighted by molar-refractivity contribution is 9.10. The van der Waals surface area contributed by atoms with Crippen molar-refractivity contribution in [3.63, 3.8) is 0 Å². The van der Waals surface area contributed by atoms with E-state index in [4.69, 9.17) is 20.6 Å². The highest BCUT2D eigenvalue weighted by Crippen LogP contribution is 2.45. The number of ether oxygens (including phenoxy) is 3. The molecular formula is C23H23BrN2O4S2. The van der Waals surface area contributed by atoms with Crippen LogP contribution in [0.3, 0.4) is 0 Å². The van der Waals surface area contributed by atoms with Gasteiger partial charge in [0, 0.05) is 11.5 Å². The highest BCUT2D eigenvalue weighted by Gasteiger charge is 2.18. The van der Waals surface area contributed by atoms with Crippen molar-refractivity contribution in [2.24, 2.45) is 5.10 Å². The average Bonchev–Trinajstić information content (AvgIpc) is 3.33. The highest BCUT2D eigenvalue weighted by atomic mass is 79.9. The first-order valence-electron chi connectivity index (χ1n) is 9.91. The van der Waals surface area contributed by atoms with Crippen LogP contribution in [0.1, 0.15) is 22.6 Å². The van der Waals surface area contributed by atoms with Crippen molar-refractivity contribution in [3.05, 3.63) is 52.0 Å². The van der Waals surface area contributed by atoms with Crippen molar-refractivity contribution in [1.82, 2.24) is 5.43 Å². The fraction of sp³-hybridized carbons (Fsp3) is 0.304. The first kappa shape index (κ1) is 24.4. The number of terminal acetylenes is 1. The third-order valence-corrected chi connectivity index (χ3v) is 7.87. The lowest BCUT2D eigenvalue weighted by Crippen LogP contribution is -2.24. The Bertz CT molecular complexity index is 987. The first-order valence-corrected chi connectivity index (χ1v) is 12.8. The Morgan fingerprint density at radius 3 is 2.69 bits per heavy atom. The molecule has 0 unspecified atom stereocenters. The summed E-state index contributed by atoms with van der Waals surface area (Å²) in [7, 11) is 0. The van der Waals surface area contributed by atoms with Gasteiger partial charge < -0.3 is 14.2 Å². The van der Waals surface area contributed by atoms with E-state index in [9.17, 15) is 4.79 Å². The zero-order chi connectivity index (χ0) is 22.8. The SMILES string of the molecule is C#CCOc1c(Br)cc(/C=N\NC(=O)COc2ccc(C3SCCS3)cc2)cc1OCC. The molecular weight excluding hydrogens is 512 g/mol. The summed E-state index contributed by atoms with van der Waals surface area (Å²) in [5.41, 5.74) is 4.45. The summed E-state index contributed by atoms with van der Waals surface area (Å²) in [5, 5.41) is 3.99. The zero-order valence-corrected chi connectivity index (χ0v) is 20.7. The van der Waals surface area contributed by atoms with Gasteiger partial charge in [0.2, 0.25) is 0 Å². The fourth-order valence-electron chi connectivity index (χ4n) is 2.81. The maximum Gasteiger partial charge on any atom is 0.277 e. The largest absolute Gasteiger partial charge is 0.490 e. The lowest BCUT2D eigenvalue weighted by atomic mass is 10.2. The number of carbonyl (C=O) groups excluding carboxylic acids is 1. The van der Waals surface area contributed by atoms with E-state index in [1.165, 1.54) is 23.3 Å². The number of nitrogens with one attached hydrogen (secondary N) is 1. The maximum absolute atomic E-state index is 12.1. The number of amides is 1. The number of nitrogens with zero attached hydrogens (tertiary/aromatic N) is 1. The third kappa shape index (κ3) is 7.12. The Hall–Kier alpha value is -2.28. The lowest BCUT2D eigenvalue weighted by molar-refractivity contribution is -0.123. The van der Waals surface area contributed by atoms with Crippen LogP contribution in [0.4, 0.5) is 0 Å². The second-order valence-electron chi connectivity index (χ2n) is 6.48. The maximum atomic E-state index is 12.1. The van der Waals surface area contributed by atoms with E-state index in [0.29, 0.717) is 38.5 Å². The van der Waals surface area contributed by atoms with Gasteiger partial charge in [0.25, 0.3) is 5.91 Å². The molecule has 1 amide bonds. The minimum atomic E-state index is -0.356. The van der Waals surface area contributed by atoms with Crippen molar-refractivity contribution in [2.75, 3.05) is 31.3 Å². The molecule has 0 bridgehead atoms. The minimum absolute atomic E-state index is 0.128. The van der Waals surface area contributed by atoms with Crippen molar-refractivity contribution < 1.29 is 19.0 Å². The van der Waals surface area contributed by atoms with E-state index in [1.54, 1.807) is 12.1 Å². The number of benzene rings is 2. The van der Waals surface area contributed by atoms with Gasteiger partial charge in [-0.1, -0.05) is 18.1 Å². The van der Waals surface area contributed by atoms with Crippen molar-refractivity contribution >= 4 is 51.6 Å². The van der Waals surface area contributed by atoms with Crippen molar-refractivity contribution in [3.8, 4) is 29.6 Å². The summed E-state index contributed by atoms with van der Waals surface area (Å²) in [6.45, 7) is 2.34. The molecule has 0 aliphatic carbocycles. The standard InChI is InChI=1S/C23H23BrN2O4S2/c1-3-9-29-22-19(24)12-16(13-20(22)28-4-2)14-25-26-21(27)15-30-18-7-5-17(6-8-18)23-31-10-11-32-23/h1,5-8,12-14,23H,4,9-11,15H2,2H3,(H,26,27)/b25-14-. The van der Waals surface area contributed by atoms with Crippen LogP contribution in [0.25, 0.3) is 0 Å². The molecule has 1 aliphatic rings. The van der Waals surface area contributed by atoms with E-state index in [2.05, 4.69) is 32.4 Å². The zero-order valence-electron chi connectivity index (χ0n) is 17.5. The second-order valence-corrected chi connectivity index (χ2v) is 10.1. The summed E-state index contributed by atoms with van der Waals surface area (Å²) in [6.07, 6.45) is 6.78. The molecule has 2 aromatic rings. The Balaban J connectivity index is 1.51. The van der Waals surface area contributed by atoms with Gasteiger partial charge in [-0.3, -0.25) is 4.79 Å². The molecule has 6 nitrogen and oxygen atoms in total. The fourth-order valence-corrected chi connectivity index (χ4v) is 6.24. The lowest BCUT2D eigenvalue weighted by Gasteiger charge is -2.13. The number of hydrogen-bond acceptors (Lipinski definition) is 7. The van der Waals surface area contributed by atoms with Crippen LogP contribution in [0.2, 0.25) is 0 Å². The van der Waals surface area contributed by atoms with Crippen LogP contribution in [-0.4, -0.2) is 43.4 Å². The summed E-state index contributed by atoms with van der Waals surface area (Å²) in [4.78, 5) is 12.1. The van der Waals surface area contributed by atoms with Gasteiger partial charge in [-0.15, -0.1) is 29.9 Å². The van der Waals surface area contributed by atoms with Crippen LogP contribution in [-0.2, 0) is 4.79 Å². The summed E-state index contributed by atoms with van der Waals surface area (Å²) in [6, 6.07) is 11.4. The molecule has 0 spiro atoms. The Labute approximate surface area is 205 Å². The Morgan fingerprint density at radius 1 is 1.25 bits per heavy atom. The number of hydrogen-bond donors (Lipinski definition) is 1. The molecule has 1 heterocycles. The van der Waals surface area contributed by atoms with Crippen molar-refractivity contribution in [1.29, 1.82) is 0 Å². The topological polar surface area (TPSA) is 69.2 Å². The van der Waals surface area contributed by atoms with E-state index in [-0.39, 0.29) is 19.1 Å². The van der Waals surface area contributed by atoms with Crippen LogP contribution < -0.4 is 19.6 Å². The van der Waals surface area contributed by atoms with Gasteiger partial charge in [-0.25, -0.2) is 5.43 Å². The molecule has 32 heavy (non-hydrogen) atoms. The molecule has 1 N–H and O–H groups in total. The molecule has 0 radical (unpaired) electrons. The first-order chi connectivity index (χ1) is 15.6. The number of hydrazone groups is 1. The summed E-state index contributed by atoms with van der Waals surface area (Å²) < 4.78 is 17.9. The van der Waals surface area contributed by atoms with Crippen LogP contribution in [0.5, 0.6) is 17.2 Å². The van der Waals surface area contributed by atoms with Crippen LogP contribution >= 0.6 is 39.5 Å². The number of carbonyl (C=O) groups is 1. The van der Waals surface area contributed by atoms with Gasteiger partial charge in [0.1, 0.15) is 12.4 Å². The molecule has 1 aliphatic heterocycles.